The topological polar surface area (TPSA) is 102 Å². The van der Waals surface area contributed by atoms with Crippen LogP contribution >= 0.6 is 0 Å². The number of amides is 1. The fourth-order valence-electron chi connectivity index (χ4n) is 4.04. The zero-order chi connectivity index (χ0) is 21.4. The molecule has 0 atom stereocenters. The van der Waals surface area contributed by atoms with Gasteiger partial charge in [0.15, 0.2) is 0 Å². The van der Waals surface area contributed by atoms with Crippen LogP contribution in [0.2, 0.25) is 0 Å². The van der Waals surface area contributed by atoms with Crippen molar-refractivity contribution in [2.24, 2.45) is 0 Å². The van der Waals surface area contributed by atoms with Gasteiger partial charge in [-0.3, -0.25) is 4.79 Å². The second-order valence-electron chi connectivity index (χ2n) is 7.38. The Bertz CT molecular complexity index is 1200. The number of hydrogen-bond donors (Lipinski definition) is 4. The van der Waals surface area contributed by atoms with Gasteiger partial charge in [0.1, 0.15) is 0 Å². The Hall–Kier alpha value is -3.64. The minimum atomic E-state index is -0.997. The molecule has 0 saturated carbocycles. The molecule has 6 nitrogen and oxygen atoms in total. The number of carbonyl (C=O) groups is 2. The van der Waals surface area contributed by atoms with Crippen molar-refractivity contribution >= 4 is 29.2 Å². The van der Waals surface area contributed by atoms with Crippen molar-refractivity contribution in [1.29, 1.82) is 0 Å². The van der Waals surface area contributed by atoms with Gasteiger partial charge in [-0.2, -0.15) is 0 Å². The van der Waals surface area contributed by atoms with Crippen molar-refractivity contribution in [2.45, 2.75) is 20.3 Å². The smallest absolute Gasteiger partial charge is 0.337 e. The van der Waals surface area contributed by atoms with Gasteiger partial charge in [0.05, 0.1) is 11.1 Å². The minimum Gasteiger partial charge on any atom is -0.478 e. The number of aromatic nitrogens is 1. The number of carboxylic acid groups (broad SMARTS) is 1. The third-order valence-electron chi connectivity index (χ3n) is 5.44. The number of fused-ring (bicyclic) bond motifs is 1. The van der Waals surface area contributed by atoms with E-state index in [0.29, 0.717) is 28.9 Å². The van der Waals surface area contributed by atoms with E-state index in [1.165, 1.54) is 0 Å². The molecule has 1 aliphatic rings. The number of nitrogens with one attached hydrogen (secondary N) is 2. The summed E-state index contributed by atoms with van der Waals surface area (Å²) in [7, 11) is 0. The number of carboxylic acids is 1. The van der Waals surface area contributed by atoms with Crippen LogP contribution in [-0.2, 0) is 11.2 Å². The van der Waals surface area contributed by atoms with Crippen molar-refractivity contribution in [1.82, 2.24) is 4.98 Å². The zero-order valence-electron chi connectivity index (χ0n) is 16.7. The van der Waals surface area contributed by atoms with Crippen molar-refractivity contribution in [3.8, 4) is 11.1 Å². The first-order valence-corrected chi connectivity index (χ1v) is 9.69. The summed E-state index contributed by atoms with van der Waals surface area (Å²) in [5.41, 5.74) is 6.82. The number of rotatable bonds is 5. The summed E-state index contributed by atoms with van der Waals surface area (Å²) >= 11 is 0. The quantitative estimate of drug-likeness (QED) is 0.484. The number of aromatic amines is 1. The molecule has 6 heteroatoms. The van der Waals surface area contributed by atoms with Crippen LogP contribution in [0.1, 0.15) is 38.4 Å². The minimum absolute atomic E-state index is 0.0684. The summed E-state index contributed by atoms with van der Waals surface area (Å²) in [6.07, 6.45) is 2.28. The molecule has 0 fully saturated rings. The molecule has 4 rings (SSSR count). The SMILES string of the molecule is Cc1[nH]c(/C=C2\C(=O)Nc3cccc(-c4cccc(CCO)c4)c32)c(C)c1C(=O)O. The Morgan fingerprint density at radius 2 is 1.90 bits per heavy atom. The lowest BCUT2D eigenvalue weighted by Crippen LogP contribution is -2.03. The molecule has 0 radical (unpaired) electrons. The van der Waals surface area contributed by atoms with Gasteiger partial charge in [-0.25, -0.2) is 4.79 Å². The number of benzene rings is 2. The van der Waals surface area contributed by atoms with Crippen molar-refractivity contribution in [2.75, 3.05) is 11.9 Å². The molecule has 0 aliphatic carbocycles. The standard InChI is InChI=1S/C24H22N2O4/c1-13-20(25-14(2)21(13)24(29)30)12-18-22-17(7-4-8-19(22)26-23(18)28)16-6-3-5-15(11-16)9-10-27/h3-8,11-12,25,27H,9-10H2,1-2H3,(H,26,28)(H,29,30)/b18-12-. The summed E-state index contributed by atoms with van der Waals surface area (Å²) < 4.78 is 0. The second kappa shape index (κ2) is 7.65. The lowest BCUT2D eigenvalue weighted by atomic mass is 9.93. The Morgan fingerprint density at radius 1 is 1.13 bits per heavy atom. The summed E-state index contributed by atoms with van der Waals surface area (Å²) in [6.45, 7) is 3.51. The number of aromatic carboxylic acids is 1. The van der Waals surface area contributed by atoms with Crippen LogP contribution in [0.5, 0.6) is 0 Å². The van der Waals surface area contributed by atoms with Gasteiger partial charge in [-0.05, 0) is 54.7 Å². The second-order valence-corrected chi connectivity index (χ2v) is 7.38. The Morgan fingerprint density at radius 3 is 2.60 bits per heavy atom. The average molecular weight is 402 g/mol. The van der Waals surface area contributed by atoms with Crippen LogP contribution in [0, 0.1) is 13.8 Å². The summed E-state index contributed by atoms with van der Waals surface area (Å²) in [4.78, 5) is 27.4. The van der Waals surface area contributed by atoms with E-state index in [4.69, 9.17) is 0 Å². The van der Waals surface area contributed by atoms with E-state index in [1.54, 1.807) is 19.9 Å². The third-order valence-corrected chi connectivity index (χ3v) is 5.44. The molecule has 1 aliphatic heterocycles. The van der Waals surface area contributed by atoms with E-state index in [2.05, 4.69) is 10.3 Å². The van der Waals surface area contributed by atoms with E-state index >= 15 is 0 Å². The van der Waals surface area contributed by atoms with Gasteiger partial charge in [0.25, 0.3) is 5.91 Å². The van der Waals surface area contributed by atoms with Gasteiger partial charge < -0.3 is 20.5 Å². The lowest BCUT2D eigenvalue weighted by Gasteiger charge is -2.10. The molecular weight excluding hydrogens is 380 g/mol. The Kier molecular flexibility index (Phi) is 5.01. The lowest BCUT2D eigenvalue weighted by molar-refractivity contribution is -0.110. The number of aliphatic hydroxyl groups excluding tert-OH is 1. The molecule has 0 bridgehead atoms. The van der Waals surface area contributed by atoms with Crippen LogP contribution in [-0.4, -0.2) is 33.7 Å². The molecule has 152 valence electrons. The van der Waals surface area contributed by atoms with Gasteiger partial charge in [-0.1, -0.05) is 36.4 Å². The molecule has 0 saturated heterocycles. The molecule has 1 aromatic heterocycles. The molecule has 4 N–H and O–H groups in total. The molecule has 3 aromatic rings. The maximum Gasteiger partial charge on any atom is 0.337 e. The number of anilines is 1. The number of carbonyl (C=O) groups excluding carboxylic acids is 1. The molecule has 30 heavy (non-hydrogen) atoms. The highest BCUT2D eigenvalue weighted by atomic mass is 16.4. The Balaban J connectivity index is 1.88. The first-order chi connectivity index (χ1) is 14.4. The maximum absolute atomic E-state index is 12.8. The van der Waals surface area contributed by atoms with Crippen molar-refractivity contribution in [3.63, 3.8) is 0 Å². The molecular formula is C24H22N2O4. The predicted octanol–water partition coefficient (Wildman–Crippen LogP) is 4.02. The van der Waals surface area contributed by atoms with E-state index in [0.717, 1.165) is 27.9 Å². The summed E-state index contributed by atoms with van der Waals surface area (Å²) in [6, 6.07) is 13.6. The molecule has 2 heterocycles. The third kappa shape index (κ3) is 3.31. The van der Waals surface area contributed by atoms with Gasteiger partial charge >= 0.3 is 5.97 Å². The zero-order valence-corrected chi connectivity index (χ0v) is 16.7. The molecule has 0 unspecified atom stereocenters. The van der Waals surface area contributed by atoms with Crippen molar-refractivity contribution < 1.29 is 19.8 Å². The average Bonchev–Trinajstić information content (AvgIpc) is 3.18. The fourth-order valence-corrected chi connectivity index (χ4v) is 4.04. The normalized spacial score (nSPS) is 14.1. The van der Waals surface area contributed by atoms with Crippen LogP contribution in [0.15, 0.2) is 42.5 Å². The van der Waals surface area contributed by atoms with E-state index in [1.807, 2.05) is 42.5 Å². The highest BCUT2D eigenvalue weighted by molar-refractivity contribution is 6.36. The summed E-state index contributed by atoms with van der Waals surface area (Å²) in [5.74, 6) is -1.23. The predicted molar refractivity (Wildman–Crippen MR) is 116 cm³/mol. The number of aliphatic hydroxyl groups is 1. The molecule has 2 aromatic carbocycles. The van der Waals surface area contributed by atoms with E-state index in [-0.39, 0.29) is 18.1 Å². The molecule has 1 amide bonds. The number of hydrogen-bond acceptors (Lipinski definition) is 3. The molecule has 0 spiro atoms. The Labute approximate surface area is 173 Å². The first-order valence-electron chi connectivity index (χ1n) is 9.69. The van der Waals surface area contributed by atoms with Crippen LogP contribution < -0.4 is 5.32 Å². The number of aryl methyl sites for hydroxylation is 1. The van der Waals surface area contributed by atoms with Crippen LogP contribution in [0.3, 0.4) is 0 Å². The first kappa shape index (κ1) is 19.7. The van der Waals surface area contributed by atoms with Crippen molar-refractivity contribution in [3.05, 3.63) is 76.1 Å². The van der Waals surface area contributed by atoms with Crippen LogP contribution in [0.25, 0.3) is 22.8 Å². The van der Waals surface area contributed by atoms with Gasteiger partial charge in [-0.15, -0.1) is 0 Å². The monoisotopic (exact) mass is 402 g/mol. The van der Waals surface area contributed by atoms with E-state index < -0.39 is 5.97 Å². The fraction of sp³-hybridized carbons (Fsp3) is 0.167. The summed E-state index contributed by atoms with van der Waals surface area (Å²) in [5, 5.41) is 21.6. The number of H-pyrrole nitrogens is 1. The highest BCUT2D eigenvalue weighted by Gasteiger charge is 2.28. The van der Waals surface area contributed by atoms with E-state index in [9.17, 15) is 19.8 Å². The maximum atomic E-state index is 12.8. The van der Waals surface area contributed by atoms with Gasteiger partial charge in [0, 0.05) is 29.2 Å². The van der Waals surface area contributed by atoms with Gasteiger partial charge in [0.2, 0.25) is 0 Å². The van der Waals surface area contributed by atoms with Crippen LogP contribution in [0.4, 0.5) is 5.69 Å². The highest BCUT2D eigenvalue weighted by Crippen LogP contribution is 2.41. The largest absolute Gasteiger partial charge is 0.478 e.